The van der Waals surface area contributed by atoms with Crippen LogP contribution in [0.2, 0.25) is 5.22 Å². The van der Waals surface area contributed by atoms with Gasteiger partial charge in [-0.05, 0) is 29.8 Å². The number of rotatable bonds is 1. The van der Waals surface area contributed by atoms with E-state index in [9.17, 15) is 4.79 Å². The molecule has 5 heteroatoms. The fourth-order valence-electron chi connectivity index (χ4n) is 1.26. The summed E-state index contributed by atoms with van der Waals surface area (Å²) in [5.74, 6) is -1.21. The van der Waals surface area contributed by atoms with Crippen molar-refractivity contribution >= 4 is 28.5 Å². The van der Waals surface area contributed by atoms with Crippen LogP contribution in [0.15, 0.2) is 22.6 Å². The van der Waals surface area contributed by atoms with Crippen molar-refractivity contribution in [3.8, 4) is 5.75 Å². The highest BCUT2D eigenvalue weighted by atomic mass is 35.5. The Morgan fingerprint density at radius 2 is 2.14 bits per heavy atom. The molecule has 4 nitrogen and oxygen atoms in total. The monoisotopic (exact) mass is 212 g/mol. The van der Waals surface area contributed by atoms with Crippen molar-refractivity contribution in [2.45, 2.75) is 0 Å². The lowest BCUT2D eigenvalue weighted by molar-refractivity contribution is 0.0698. The lowest BCUT2D eigenvalue weighted by Gasteiger charge is -1.91. The second-order valence-corrected chi connectivity index (χ2v) is 3.08. The smallest absolute Gasteiger partial charge is 0.341 e. The molecule has 72 valence electrons. The van der Waals surface area contributed by atoms with Gasteiger partial charge in [0.1, 0.15) is 16.9 Å². The Labute approximate surface area is 83.3 Å². The van der Waals surface area contributed by atoms with Gasteiger partial charge in [-0.2, -0.15) is 0 Å². The first-order valence-corrected chi connectivity index (χ1v) is 4.11. The number of hydrogen-bond donors (Lipinski definition) is 2. The van der Waals surface area contributed by atoms with E-state index in [0.717, 1.165) is 0 Å². The maximum Gasteiger partial charge on any atom is 0.341 e. The van der Waals surface area contributed by atoms with E-state index in [4.69, 9.17) is 26.2 Å². The number of phenols is 1. The fraction of sp³-hybridized carbons (Fsp3) is 0. The molecule has 0 atom stereocenters. The summed E-state index contributed by atoms with van der Waals surface area (Å²) >= 11 is 5.59. The number of furan rings is 1. The first-order chi connectivity index (χ1) is 6.59. The van der Waals surface area contributed by atoms with Gasteiger partial charge in [-0.25, -0.2) is 4.79 Å². The van der Waals surface area contributed by atoms with Gasteiger partial charge in [0.15, 0.2) is 0 Å². The van der Waals surface area contributed by atoms with Crippen LogP contribution in [0, 0.1) is 0 Å². The summed E-state index contributed by atoms with van der Waals surface area (Å²) in [6.45, 7) is 0. The van der Waals surface area contributed by atoms with Crippen molar-refractivity contribution < 1.29 is 19.4 Å². The van der Waals surface area contributed by atoms with E-state index < -0.39 is 5.97 Å². The molecule has 14 heavy (non-hydrogen) atoms. The van der Waals surface area contributed by atoms with Gasteiger partial charge in [0.25, 0.3) is 0 Å². The Hall–Kier alpha value is -1.68. The largest absolute Gasteiger partial charge is 0.508 e. The van der Waals surface area contributed by atoms with Crippen molar-refractivity contribution in [2.75, 3.05) is 0 Å². The average molecular weight is 213 g/mol. The lowest BCUT2D eigenvalue weighted by Crippen LogP contribution is -1.94. The van der Waals surface area contributed by atoms with E-state index in [1.807, 2.05) is 0 Å². The van der Waals surface area contributed by atoms with Crippen LogP contribution in [0.1, 0.15) is 10.4 Å². The summed E-state index contributed by atoms with van der Waals surface area (Å²) in [5, 5.41) is 18.1. The number of hydrogen-bond acceptors (Lipinski definition) is 3. The fourth-order valence-corrected chi connectivity index (χ4v) is 1.52. The Morgan fingerprint density at radius 1 is 1.43 bits per heavy atom. The number of phenolic OH excluding ortho intramolecular Hbond substituents is 1. The van der Waals surface area contributed by atoms with Crippen LogP contribution in [0.5, 0.6) is 5.75 Å². The Balaban J connectivity index is 2.86. The number of halogens is 1. The highest BCUT2D eigenvalue weighted by molar-refractivity contribution is 6.33. The van der Waals surface area contributed by atoms with Gasteiger partial charge < -0.3 is 14.6 Å². The van der Waals surface area contributed by atoms with Gasteiger partial charge in [-0.1, -0.05) is 0 Å². The lowest BCUT2D eigenvalue weighted by atomic mass is 10.2. The zero-order valence-corrected chi connectivity index (χ0v) is 7.58. The number of carboxylic acids is 1. The van der Waals surface area contributed by atoms with Crippen molar-refractivity contribution in [2.24, 2.45) is 0 Å². The molecule has 0 aliphatic heterocycles. The molecular formula is C9H5ClO4. The van der Waals surface area contributed by atoms with Crippen LogP contribution >= 0.6 is 11.6 Å². The van der Waals surface area contributed by atoms with Gasteiger partial charge in [-0.15, -0.1) is 0 Å². The number of fused-ring (bicyclic) bond motifs is 1. The number of aromatic carboxylic acids is 1. The molecule has 0 saturated heterocycles. The molecule has 1 aromatic carbocycles. The summed E-state index contributed by atoms with van der Waals surface area (Å²) in [4.78, 5) is 10.8. The van der Waals surface area contributed by atoms with E-state index in [2.05, 4.69) is 0 Å². The predicted molar refractivity (Wildman–Crippen MR) is 49.8 cm³/mol. The minimum atomic E-state index is -1.18. The van der Waals surface area contributed by atoms with E-state index in [0.29, 0.717) is 11.0 Å². The average Bonchev–Trinajstić information content (AvgIpc) is 2.40. The second-order valence-electron chi connectivity index (χ2n) is 2.74. The summed E-state index contributed by atoms with van der Waals surface area (Å²) in [7, 11) is 0. The third-order valence-corrected chi connectivity index (χ3v) is 2.11. The second kappa shape index (κ2) is 2.92. The third-order valence-electron chi connectivity index (χ3n) is 1.84. The van der Waals surface area contributed by atoms with Crippen LogP contribution in [-0.2, 0) is 0 Å². The third kappa shape index (κ3) is 1.20. The van der Waals surface area contributed by atoms with Crippen molar-refractivity contribution in [1.82, 2.24) is 0 Å². The molecule has 0 unspecified atom stereocenters. The molecular weight excluding hydrogens is 208 g/mol. The quantitative estimate of drug-likeness (QED) is 0.762. The molecule has 0 amide bonds. The molecule has 2 N–H and O–H groups in total. The highest BCUT2D eigenvalue weighted by Crippen LogP contribution is 2.31. The van der Waals surface area contributed by atoms with E-state index in [-0.39, 0.29) is 16.5 Å². The molecule has 0 fully saturated rings. The zero-order chi connectivity index (χ0) is 10.3. The summed E-state index contributed by atoms with van der Waals surface area (Å²) in [6, 6.07) is 4.16. The normalized spacial score (nSPS) is 10.6. The van der Waals surface area contributed by atoms with Gasteiger partial charge in [0.2, 0.25) is 5.22 Å². The predicted octanol–water partition coefficient (Wildman–Crippen LogP) is 2.49. The number of benzene rings is 1. The molecule has 0 saturated carbocycles. The molecule has 0 radical (unpaired) electrons. The molecule has 1 heterocycles. The van der Waals surface area contributed by atoms with Gasteiger partial charge in [0.05, 0.1) is 0 Å². The van der Waals surface area contributed by atoms with E-state index in [1.54, 1.807) is 0 Å². The van der Waals surface area contributed by atoms with Crippen LogP contribution in [0.25, 0.3) is 11.0 Å². The van der Waals surface area contributed by atoms with Crippen molar-refractivity contribution in [3.05, 3.63) is 29.0 Å². The van der Waals surface area contributed by atoms with Crippen LogP contribution < -0.4 is 0 Å². The summed E-state index contributed by atoms with van der Waals surface area (Å²) < 4.78 is 4.99. The van der Waals surface area contributed by atoms with Crippen LogP contribution in [0.4, 0.5) is 0 Å². The molecule has 0 aliphatic rings. The molecule has 2 rings (SSSR count). The summed E-state index contributed by atoms with van der Waals surface area (Å²) in [5.41, 5.74) is 0.211. The zero-order valence-electron chi connectivity index (χ0n) is 6.82. The Kier molecular flexibility index (Phi) is 1.86. The van der Waals surface area contributed by atoms with E-state index in [1.165, 1.54) is 18.2 Å². The van der Waals surface area contributed by atoms with Crippen LogP contribution in [-0.4, -0.2) is 16.2 Å². The standard InChI is InChI=1S/C9H5ClO4/c10-8-7(9(12)13)5-3-4(11)1-2-6(5)14-8/h1-3,11H,(H,12,13). The topological polar surface area (TPSA) is 70.7 Å². The minimum Gasteiger partial charge on any atom is -0.508 e. The SMILES string of the molecule is O=C(O)c1c(Cl)oc2ccc(O)cc12. The first-order valence-electron chi connectivity index (χ1n) is 3.74. The number of carbonyl (C=O) groups is 1. The molecule has 0 spiro atoms. The number of aromatic hydroxyl groups is 1. The Bertz CT molecular complexity index is 515. The maximum absolute atomic E-state index is 10.8. The van der Waals surface area contributed by atoms with Gasteiger partial charge in [0, 0.05) is 5.39 Å². The first kappa shape index (κ1) is 8.90. The van der Waals surface area contributed by atoms with E-state index >= 15 is 0 Å². The molecule has 0 bridgehead atoms. The van der Waals surface area contributed by atoms with Crippen molar-refractivity contribution in [1.29, 1.82) is 0 Å². The maximum atomic E-state index is 10.8. The summed E-state index contributed by atoms with van der Waals surface area (Å²) in [6.07, 6.45) is 0. The van der Waals surface area contributed by atoms with Gasteiger partial charge in [-0.3, -0.25) is 0 Å². The molecule has 0 aliphatic carbocycles. The number of carboxylic acid groups (broad SMARTS) is 1. The minimum absolute atomic E-state index is 0.0301. The molecule has 2 aromatic rings. The van der Waals surface area contributed by atoms with Crippen molar-refractivity contribution in [3.63, 3.8) is 0 Å². The molecule has 1 aromatic heterocycles. The van der Waals surface area contributed by atoms with Gasteiger partial charge >= 0.3 is 5.97 Å². The Morgan fingerprint density at radius 3 is 2.79 bits per heavy atom. The van der Waals surface area contributed by atoms with Crippen LogP contribution in [0.3, 0.4) is 0 Å². The highest BCUT2D eigenvalue weighted by Gasteiger charge is 2.18.